The maximum absolute atomic E-state index is 13.6. The summed E-state index contributed by atoms with van der Waals surface area (Å²) in [4.78, 5) is 119. The average molecular weight is 1400 g/mol. The highest BCUT2D eigenvalue weighted by molar-refractivity contribution is 14.1. The molecule has 0 saturated heterocycles. The quantitative estimate of drug-likeness (QED) is 0.103. The lowest BCUT2D eigenvalue weighted by Crippen LogP contribution is -2.51. The molecule has 91 heavy (non-hydrogen) atoms. The summed E-state index contributed by atoms with van der Waals surface area (Å²) in [6, 6.07) is 20.6. The van der Waals surface area contributed by atoms with Crippen molar-refractivity contribution in [2.75, 3.05) is 25.8 Å². The fraction of sp³-hybridized carbons (Fsp3) is 0.286. The predicted molar refractivity (Wildman–Crippen MR) is 353 cm³/mol. The Labute approximate surface area is 549 Å². The lowest BCUT2D eigenvalue weighted by Gasteiger charge is -2.42. The molecule has 0 radical (unpaired) electrons. The molecule has 24 nitrogen and oxygen atoms in total. The zero-order valence-electron chi connectivity index (χ0n) is 48.7. The van der Waals surface area contributed by atoms with Crippen LogP contribution in [-0.4, -0.2) is 76.3 Å². The van der Waals surface area contributed by atoms with Gasteiger partial charge in [0, 0.05) is 46.9 Å². The van der Waals surface area contributed by atoms with Gasteiger partial charge in [0.05, 0.1) is 38.8 Å². The number of halogens is 4. The van der Waals surface area contributed by atoms with E-state index in [1.807, 2.05) is 30.5 Å². The summed E-state index contributed by atoms with van der Waals surface area (Å²) >= 11 is 21.7. The van der Waals surface area contributed by atoms with Crippen LogP contribution in [0.4, 0.5) is 45.9 Å². The van der Waals surface area contributed by atoms with E-state index in [9.17, 15) is 28.8 Å². The lowest BCUT2D eigenvalue weighted by molar-refractivity contribution is 0.0875. The van der Waals surface area contributed by atoms with Gasteiger partial charge in [-0.2, -0.15) is 0 Å². The zero-order chi connectivity index (χ0) is 63.3. The molecule has 3 aliphatic heterocycles. The second-order valence-electron chi connectivity index (χ2n) is 22.4. The van der Waals surface area contributed by atoms with E-state index in [2.05, 4.69) is 88.7 Å². The third-order valence-corrected chi connectivity index (χ3v) is 18.4. The van der Waals surface area contributed by atoms with Crippen molar-refractivity contribution in [3.63, 3.8) is 0 Å². The fourth-order valence-electron chi connectivity index (χ4n) is 13.1. The first-order chi connectivity index (χ1) is 44.2. The molecule has 12 heterocycles. The summed E-state index contributed by atoms with van der Waals surface area (Å²) in [7, 11) is 0. The van der Waals surface area contributed by atoms with Crippen molar-refractivity contribution in [2.24, 2.45) is 0 Å². The SMILES string of the molecule is Ic1cccnc1.O=C1NC2(CCCCC2)n2c1c(Cl)cc(Nc1ccncn1)c2=O.O=C1c2c(Cl)cc(Nc3ccncn3)c(=O)n2C2(CCCCC2)N1c1cccnc1.O=C1c2c(Cl)cc(Nc3ccncn3)c(=O)n2C2(CCCCC2)N1c1cccnc1. The Bertz CT molecular complexity index is 4150. The Hall–Kier alpha value is -9.05. The van der Waals surface area contributed by atoms with Crippen LogP contribution in [0.5, 0.6) is 0 Å². The number of fused-ring (bicyclic) bond motifs is 6. The molecule has 3 saturated carbocycles. The Balaban J connectivity index is 0.000000126. The van der Waals surface area contributed by atoms with Crippen LogP contribution in [0.3, 0.4) is 0 Å². The smallest absolute Gasteiger partial charge is 0.278 e. The largest absolute Gasteiger partial charge is 0.336 e. The molecule has 464 valence electrons. The van der Waals surface area contributed by atoms with E-state index in [0.717, 1.165) is 70.6 Å². The Kier molecular flexibility index (Phi) is 18.3. The third kappa shape index (κ3) is 12.1. The monoisotopic (exact) mass is 1390 g/mol. The molecule has 3 aliphatic carbocycles. The molecule has 0 bridgehead atoms. The van der Waals surface area contributed by atoms with Crippen molar-refractivity contribution in [1.82, 2.24) is 63.9 Å². The van der Waals surface area contributed by atoms with Crippen LogP contribution in [0.25, 0.3) is 0 Å². The fourth-order valence-corrected chi connectivity index (χ4v) is 14.3. The van der Waals surface area contributed by atoms with Crippen LogP contribution in [0.1, 0.15) is 128 Å². The number of amides is 3. The van der Waals surface area contributed by atoms with Crippen LogP contribution < -0.4 is 47.7 Å². The molecule has 9 aromatic heterocycles. The summed E-state index contributed by atoms with van der Waals surface area (Å²) in [5.41, 5.74) is -0.256. The van der Waals surface area contributed by atoms with Crippen molar-refractivity contribution < 1.29 is 14.4 Å². The first kappa shape index (κ1) is 62.2. The van der Waals surface area contributed by atoms with Crippen LogP contribution in [-0.2, 0) is 17.0 Å². The van der Waals surface area contributed by atoms with Gasteiger partial charge in [0.2, 0.25) is 0 Å². The van der Waals surface area contributed by atoms with Gasteiger partial charge in [0.25, 0.3) is 34.4 Å². The number of pyridine rings is 6. The average Bonchev–Trinajstić information content (AvgIpc) is 1.57. The van der Waals surface area contributed by atoms with Gasteiger partial charge in [-0.25, -0.2) is 29.9 Å². The van der Waals surface area contributed by atoms with Crippen LogP contribution in [0.2, 0.25) is 15.1 Å². The van der Waals surface area contributed by atoms with Crippen molar-refractivity contribution in [2.45, 2.75) is 113 Å². The highest BCUT2D eigenvalue weighted by Crippen LogP contribution is 2.49. The van der Waals surface area contributed by atoms with Gasteiger partial charge in [-0.1, -0.05) is 54.1 Å². The summed E-state index contributed by atoms with van der Waals surface area (Å²) in [6.07, 6.45) is 32.1. The second-order valence-corrected chi connectivity index (χ2v) is 24.8. The Morgan fingerprint density at radius 1 is 0.429 bits per heavy atom. The molecule has 0 unspecified atom stereocenters. The molecular formula is C63H58Cl3IN18O6. The number of hydrogen-bond donors (Lipinski definition) is 4. The highest BCUT2D eigenvalue weighted by Gasteiger charge is 2.54. The minimum absolute atomic E-state index is 0.223. The molecular weight excluding hydrogens is 1340 g/mol. The standard InChI is InChI=1S/2C21H19ClN6O2.C16H16ClN5O2.C5H4IN/c2*22-15-11-16(26-17-6-10-24-13-25-17)19(29)28-18(15)20(30)27(14-5-4-9-23-12-14)21(28)7-2-1-3-8-21;17-10-8-11(20-12-4-7-18-9-19-12)15(24)22-13(10)14(23)21-16(22)5-2-1-3-6-16;6-5-2-1-3-7-4-5/h2*4-6,9-13H,1-3,7-8H2,(H,24,25,26);4,7-9H,1-3,5-6H2,(H,21,23)(H,18,19,20);1-4H. The summed E-state index contributed by atoms with van der Waals surface area (Å²) in [6.45, 7) is 0. The van der Waals surface area contributed by atoms with Crippen molar-refractivity contribution in [1.29, 1.82) is 0 Å². The van der Waals surface area contributed by atoms with E-state index in [-0.39, 0.29) is 77.9 Å². The molecule has 15 rings (SSSR count). The minimum Gasteiger partial charge on any atom is -0.336 e. The molecule has 6 aliphatic rings. The van der Waals surface area contributed by atoms with Gasteiger partial charge < -0.3 is 21.3 Å². The third-order valence-electron chi connectivity index (χ3n) is 16.9. The normalized spacial score (nSPS) is 16.9. The maximum atomic E-state index is 13.6. The van der Waals surface area contributed by atoms with E-state index in [1.165, 1.54) is 40.8 Å². The molecule has 3 amide bonds. The van der Waals surface area contributed by atoms with E-state index < -0.39 is 17.0 Å². The van der Waals surface area contributed by atoms with E-state index in [1.54, 1.807) is 103 Å². The number of rotatable bonds is 8. The molecule has 0 atom stereocenters. The number of aromatic nitrogens is 12. The van der Waals surface area contributed by atoms with Gasteiger partial charge in [0.1, 0.15) is 87.6 Å². The van der Waals surface area contributed by atoms with Crippen LogP contribution >= 0.6 is 57.4 Å². The van der Waals surface area contributed by atoms with Crippen molar-refractivity contribution in [3.05, 3.63) is 214 Å². The topological polar surface area (TPSA) is 288 Å². The van der Waals surface area contributed by atoms with Gasteiger partial charge in [-0.05, 0) is 172 Å². The van der Waals surface area contributed by atoms with Gasteiger partial charge >= 0.3 is 0 Å². The number of nitrogens with one attached hydrogen (secondary N) is 4. The van der Waals surface area contributed by atoms with E-state index in [4.69, 9.17) is 34.8 Å². The Morgan fingerprint density at radius 3 is 1.14 bits per heavy atom. The van der Waals surface area contributed by atoms with Crippen molar-refractivity contribution >= 4 is 121 Å². The van der Waals surface area contributed by atoms with Crippen LogP contribution in [0, 0.1) is 3.57 Å². The summed E-state index contributed by atoms with van der Waals surface area (Å²) < 4.78 is 5.90. The Morgan fingerprint density at radius 2 is 0.802 bits per heavy atom. The first-order valence-corrected chi connectivity index (χ1v) is 31.8. The zero-order valence-corrected chi connectivity index (χ0v) is 53.1. The van der Waals surface area contributed by atoms with Gasteiger partial charge in [-0.15, -0.1) is 0 Å². The number of nitrogens with zero attached hydrogens (tertiary/aromatic N) is 14. The summed E-state index contributed by atoms with van der Waals surface area (Å²) in [5, 5.41) is 12.7. The van der Waals surface area contributed by atoms with E-state index >= 15 is 0 Å². The predicted octanol–water partition coefficient (Wildman–Crippen LogP) is 11.5. The second kappa shape index (κ2) is 26.8. The maximum Gasteiger partial charge on any atom is 0.278 e. The van der Waals surface area contributed by atoms with Crippen LogP contribution in [0.15, 0.2) is 162 Å². The molecule has 3 fully saturated rings. The number of anilines is 8. The first-order valence-electron chi connectivity index (χ1n) is 29.6. The lowest BCUT2D eigenvalue weighted by atomic mass is 9.87. The molecule has 28 heteroatoms. The number of carbonyl (C=O) groups is 3. The molecule has 0 aromatic carbocycles. The van der Waals surface area contributed by atoms with Crippen molar-refractivity contribution in [3.8, 4) is 0 Å². The molecule has 4 N–H and O–H groups in total. The van der Waals surface area contributed by atoms with Gasteiger partial charge in [-0.3, -0.25) is 67.2 Å². The molecule has 3 spiro atoms. The molecule has 9 aromatic rings. The number of hydrogen-bond acceptors (Lipinski definition) is 18. The number of carbonyl (C=O) groups excluding carboxylic acids is 3. The van der Waals surface area contributed by atoms with Gasteiger partial charge in [0.15, 0.2) is 0 Å². The van der Waals surface area contributed by atoms with E-state index in [0.29, 0.717) is 60.2 Å². The summed E-state index contributed by atoms with van der Waals surface area (Å²) in [5.74, 6) is 0.608. The highest BCUT2D eigenvalue weighted by atomic mass is 127. The minimum atomic E-state index is -0.794.